The van der Waals surface area contributed by atoms with Gasteiger partial charge in [-0.1, -0.05) is 23.5 Å². The molecule has 15 heavy (non-hydrogen) atoms. The van der Waals surface area contributed by atoms with E-state index in [-0.39, 0.29) is 10.2 Å². The van der Waals surface area contributed by atoms with Gasteiger partial charge in [-0.15, -0.1) is 0 Å². The quantitative estimate of drug-likeness (QED) is 0.761. The summed E-state index contributed by atoms with van der Waals surface area (Å²) < 4.78 is 9.35. The van der Waals surface area contributed by atoms with Crippen LogP contribution in [0.15, 0.2) is 22.8 Å². The second kappa shape index (κ2) is 6.58. The number of rotatable bonds is 4. The van der Waals surface area contributed by atoms with Crippen LogP contribution in [0.1, 0.15) is 5.76 Å². The fraction of sp³-hybridized carbons (Fsp3) is 0.333. The third-order valence-electron chi connectivity index (χ3n) is 1.45. The maximum absolute atomic E-state index is 11.2. The first-order chi connectivity index (χ1) is 7.22. The van der Waals surface area contributed by atoms with Gasteiger partial charge in [0.05, 0.1) is 24.9 Å². The van der Waals surface area contributed by atoms with E-state index in [0.717, 1.165) is 29.3 Å². The molecule has 4 nitrogen and oxygen atoms in total. The molecule has 1 heterocycles. The van der Waals surface area contributed by atoms with Crippen LogP contribution in [-0.2, 0) is 15.3 Å². The molecule has 0 fully saturated rings. The van der Waals surface area contributed by atoms with Crippen molar-refractivity contribution in [1.29, 1.82) is 0 Å². The van der Waals surface area contributed by atoms with Gasteiger partial charge in [-0.2, -0.15) is 0 Å². The number of hydrogen-bond donors (Lipinski definition) is 0. The average Bonchev–Trinajstić information content (AvgIpc) is 2.75. The lowest BCUT2D eigenvalue weighted by molar-refractivity contribution is -0.137. The van der Waals surface area contributed by atoms with Gasteiger partial charge in [0.25, 0.3) is 0 Å². The minimum Gasteiger partial charge on any atom is -0.468 e. The molecular formula is C9H10O4S2. The van der Waals surface area contributed by atoms with Gasteiger partial charge in [-0.25, -0.2) is 0 Å². The Hall–Kier alpha value is -0.880. The first-order valence-corrected chi connectivity index (χ1v) is 6.08. The fourth-order valence-electron chi connectivity index (χ4n) is 0.743. The summed E-state index contributed by atoms with van der Waals surface area (Å²) in [6.07, 6.45) is 1.56. The third-order valence-corrected chi connectivity index (χ3v) is 3.44. The summed E-state index contributed by atoms with van der Waals surface area (Å²) in [7, 11) is 1.30. The predicted octanol–water partition coefficient (Wildman–Crippen LogP) is 2.54. The summed E-state index contributed by atoms with van der Waals surface area (Å²) in [5, 5.41) is 0. The highest BCUT2D eigenvalue weighted by Crippen LogP contribution is 2.21. The summed E-state index contributed by atoms with van der Waals surface area (Å²) in [5.74, 6) is 0.888. The van der Waals surface area contributed by atoms with Crippen molar-refractivity contribution in [2.24, 2.45) is 0 Å². The highest BCUT2D eigenvalue weighted by Gasteiger charge is 2.09. The number of thioether (sulfide) groups is 2. The second-order valence-electron chi connectivity index (χ2n) is 2.48. The van der Waals surface area contributed by atoms with Crippen molar-refractivity contribution >= 4 is 33.9 Å². The Balaban J connectivity index is 2.16. The maximum atomic E-state index is 11.2. The lowest BCUT2D eigenvalue weighted by Gasteiger charge is -1.98. The van der Waals surface area contributed by atoms with Gasteiger partial charge in [-0.05, 0) is 12.1 Å². The molecule has 0 aliphatic rings. The van der Waals surface area contributed by atoms with Crippen molar-refractivity contribution in [3.8, 4) is 0 Å². The number of carbonyl (C=O) groups excluding carboxylic acids is 2. The molecule has 0 amide bonds. The van der Waals surface area contributed by atoms with Crippen LogP contribution in [0.5, 0.6) is 0 Å². The van der Waals surface area contributed by atoms with Crippen molar-refractivity contribution in [3.63, 3.8) is 0 Å². The zero-order valence-corrected chi connectivity index (χ0v) is 9.73. The van der Waals surface area contributed by atoms with E-state index in [1.807, 2.05) is 0 Å². The van der Waals surface area contributed by atoms with Crippen LogP contribution in [0, 0.1) is 0 Å². The standard InChI is InChI=1S/C9H10O4S2/c1-12-8(10)6-15-9(11)14-5-7-3-2-4-13-7/h2-4H,5-6H2,1H3. The molecule has 0 radical (unpaired) electrons. The molecule has 1 aromatic heterocycles. The van der Waals surface area contributed by atoms with Gasteiger partial charge in [0.2, 0.25) is 4.45 Å². The first kappa shape index (κ1) is 12.2. The lowest BCUT2D eigenvalue weighted by atomic mass is 10.5. The first-order valence-electron chi connectivity index (χ1n) is 4.11. The number of esters is 1. The minimum absolute atomic E-state index is 0.0560. The normalized spacial score (nSPS) is 9.93. The molecule has 0 aliphatic carbocycles. The Bertz CT molecular complexity index is 321. The van der Waals surface area contributed by atoms with Crippen molar-refractivity contribution in [2.75, 3.05) is 12.9 Å². The van der Waals surface area contributed by atoms with E-state index in [2.05, 4.69) is 4.74 Å². The van der Waals surface area contributed by atoms with E-state index in [1.165, 1.54) is 7.11 Å². The number of methoxy groups -OCH3 is 1. The summed E-state index contributed by atoms with van der Waals surface area (Å²) in [4.78, 5) is 22.0. The molecule has 0 saturated carbocycles. The molecule has 0 aromatic carbocycles. The van der Waals surface area contributed by atoms with Crippen molar-refractivity contribution in [3.05, 3.63) is 24.2 Å². The van der Waals surface area contributed by atoms with Crippen molar-refractivity contribution < 1.29 is 18.7 Å². The van der Waals surface area contributed by atoms with E-state index < -0.39 is 5.97 Å². The Morgan fingerprint density at radius 2 is 2.27 bits per heavy atom. The topological polar surface area (TPSA) is 56.5 Å². The van der Waals surface area contributed by atoms with Gasteiger partial charge in [0.1, 0.15) is 5.76 Å². The molecule has 0 saturated heterocycles. The van der Waals surface area contributed by atoms with Crippen LogP contribution >= 0.6 is 23.5 Å². The monoisotopic (exact) mass is 246 g/mol. The molecule has 0 aliphatic heterocycles. The van der Waals surface area contributed by atoms with Gasteiger partial charge in [0.15, 0.2) is 0 Å². The molecule has 82 valence electrons. The molecule has 6 heteroatoms. The molecule has 0 unspecified atom stereocenters. The van der Waals surface area contributed by atoms with Crippen LogP contribution in [0.2, 0.25) is 0 Å². The van der Waals surface area contributed by atoms with Crippen LogP contribution in [0.4, 0.5) is 4.79 Å². The number of hydrogen-bond acceptors (Lipinski definition) is 6. The van der Waals surface area contributed by atoms with Crippen molar-refractivity contribution in [1.82, 2.24) is 0 Å². The van der Waals surface area contributed by atoms with E-state index in [9.17, 15) is 9.59 Å². The molecular weight excluding hydrogens is 236 g/mol. The SMILES string of the molecule is COC(=O)CSC(=O)SCc1ccco1. The average molecular weight is 246 g/mol. The van der Waals surface area contributed by atoms with E-state index in [4.69, 9.17) is 4.42 Å². The molecule has 1 aromatic rings. The molecule has 0 atom stereocenters. The zero-order valence-electron chi connectivity index (χ0n) is 8.10. The Kier molecular flexibility index (Phi) is 5.34. The van der Waals surface area contributed by atoms with Crippen LogP contribution in [-0.4, -0.2) is 23.3 Å². The second-order valence-corrected chi connectivity index (χ2v) is 4.64. The number of ether oxygens (including phenoxy) is 1. The highest BCUT2D eigenvalue weighted by atomic mass is 32.2. The van der Waals surface area contributed by atoms with Crippen LogP contribution in [0.25, 0.3) is 0 Å². The van der Waals surface area contributed by atoms with E-state index in [0.29, 0.717) is 5.75 Å². The molecule has 0 N–H and O–H groups in total. The van der Waals surface area contributed by atoms with Gasteiger partial charge in [-0.3, -0.25) is 9.59 Å². The number of carbonyl (C=O) groups is 2. The fourth-order valence-corrected chi connectivity index (χ4v) is 2.21. The van der Waals surface area contributed by atoms with Crippen molar-refractivity contribution in [2.45, 2.75) is 5.75 Å². The van der Waals surface area contributed by atoms with Crippen LogP contribution in [0.3, 0.4) is 0 Å². The zero-order chi connectivity index (χ0) is 11.1. The minimum atomic E-state index is -0.396. The summed E-state index contributed by atoms with van der Waals surface area (Å²) in [6, 6.07) is 3.56. The predicted molar refractivity (Wildman–Crippen MR) is 59.9 cm³/mol. The largest absolute Gasteiger partial charge is 0.468 e. The Morgan fingerprint density at radius 3 is 2.87 bits per heavy atom. The van der Waals surface area contributed by atoms with Gasteiger partial charge < -0.3 is 9.15 Å². The molecule has 1 rings (SSSR count). The summed E-state index contributed by atoms with van der Waals surface area (Å²) in [5.41, 5.74) is 0. The Labute approximate surface area is 95.7 Å². The van der Waals surface area contributed by atoms with E-state index in [1.54, 1.807) is 18.4 Å². The van der Waals surface area contributed by atoms with Crippen LogP contribution < -0.4 is 0 Å². The lowest BCUT2D eigenvalue weighted by Crippen LogP contribution is -2.04. The van der Waals surface area contributed by atoms with Gasteiger partial charge in [0, 0.05) is 0 Å². The smallest absolute Gasteiger partial charge is 0.316 e. The summed E-state index contributed by atoms with van der Waals surface area (Å²) >= 11 is 2.05. The third kappa shape index (κ3) is 4.94. The molecule has 0 bridgehead atoms. The maximum Gasteiger partial charge on any atom is 0.316 e. The molecule has 0 spiro atoms. The Morgan fingerprint density at radius 1 is 1.47 bits per heavy atom. The number of furan rings is 1. The highest BCUT2D eigenvalue weighted by molar-refractivity contribution is 8.38. The summed E-state index contributed by atoms with van der Waals surface area (Å²) in [6.45, 7) is 0. The van der Waals surface area contributed by atoms with E-state index >= 15 is 0 Å². The van der Waals surface area contributed by atoms with Gasteiger partial charge >= 0.3 is 5.97 Å².